The van der Waals surface area contributed by atoms with Gasteiger partial charge in [0.1, 0.15) is 5.54 Å². The molecule has 0 radical (unpaired) electrons. The fraction of sp³-hybridized carbons (Fsp3) is 0.345. The van der Waals surface area contributed by atoms with Crippen molar-refractivity contribution in [1.82, 2.24) is 19.7 Å². The lowest BCUT2D eigenvalue weighted by molar-refractivity contribution is -0.136. The first-order valence-corrected chi connectivity index (χ1v) is 12.4. The Balaban J connectivity index is 1.35. The summed E-state index contributed by atoms with van der Waals surface area (Å²) in [7, 11) is 0. The first-order valence-electron chi connectivity index (χ1n) is 12.4. The highest BCUT2D eigenvalue weighted by Crippen LogP contribution is 2.39. The van der Waals surface area contributed by atoms with Gasteiger partial charge in [0.2, 0.25) is 0 Å². The number of hydrogen-bond donors (Lipinski definition) is 0. The Labute approximate surface area is 207 Å². The molecule has 3 heterocycles. The van der Waals surface area contributed by atoms with Crippen LogP contribution in [-0.2, 0) is 17.9 Å². The fourth-order valence-electron chi connectivity index (χ4n) is 5.42. The minimum atomic E-state index is -0.797. The van der Waals surface area contributed by atoms with Crippen LogP contribution in [0.5, 0.6) is 0 Å². The monoisotopic (exact) mass is 468 g/mol. The summed E-state index contributed by atoms with van der Waals surface area (Å²) in [5, 5.41) is 0. The van der Waals surface area contributed by atoms with Crippen LogP contribution in [0, 0.1) is 0 Å². The SMILES string of the molecule is C[C@H](CN1CCC2(CC1)C(=O)N(Cc1ccccn1)C(=O)N2Cc1ccccc1)c1ccccc1. The minimum Gasteiger partial charge on any atom is -0.305 e. The van der Waals surface area contributed by atoms with Gasteiger partial charge in [0, 0.05) is 32.4 Å². The number of aromatic nitrogens is 1. The molecular formula is C29H32N4O2. The van der Waals surface area contributed by atoms with Crippen LogP contribution in [0.2, 0.25) is 0 Å². The number of imide groups is 1. The average Bonchev–Trinajstić information content (AvgIpc) is 3.08. The van der Waals surface area contributed by atoms with Crippen molar-refractivity contribution in [2.75, 3.05) is 19.6 Å². The standard InChI is InChI=1S/C29H32N4O2/c1-23(25-12-6-3-7-13-25)20-31-18-15-29(16-19-31)27(34)32(22-26-14-8-9-17-30-26)28(35)33(29)21-24-10-4-2-5-11-24/h2-14,17,23H,15-16,18-22H2,1H3/t23-/m1/s1. The minimum absolute atomic E-state index is 0.0835. The molecule has 6 heteroatoms. The zero-order valence-corrected chi connectivity index (χ0v) is 20.2. The summed E-state index contributed by atoms with van der Waals surface area (Å²) in [5.74, 6) is 0.326. The molecule has 5 rings (SSSR count). The van der Waals surface area contributed by atoms with E-state index in [0.29, 0.717) is 25.3 Å². The van der Waals surface area contributed by atoms with Crippen molar-refractivity contribution in [2.45, 2.75) is 44.3 Å². The Bertz CT molecular complexity index is 1150. The van der Waals surface area contributed by atoms with Crippen LogP contribution in [-0.4, -0.2) is 56.8 Å². The molecule has 1 atom stereocenters. The molecule has 2 aromatic carbocycles. The number of nitrogens with zero attached hydrogens (tertiary/aromatic N) is 4. The van der Waals surface area contributed by atoms with Gasteiger partial charge in [-0.3, -0.25) is 14.7 Å². The molecule has 2 aliphatic rings. The molecule has 1 spiro atoms. The summed E-state index contributed by atoms with van der Waals surface area (Å²) < 4.78 is 0. The fourth-order valence-corrected chi connectivity index (χ4v) is 5.42. The predicted molar refractivity (Wildman–Crippen MR) is 135 cm³/mol. The Kier molecular flexibility index (Phi) is 6.64. The predicted octanol–water partition coefficient (Wildman–Crippen LogP) is 4.68. The quantitative estimate of drug-likeness (QED) is 0.473. The van der Waals surface area contributed by atoms with Crippen LogP contribution >= 0.6 is 0 Å². The van der Waals surface area contributed by atoms with E-state index in [1.807, 2.05) is 59.5 Å². The lowest BCUT2D eigenvalue weighted by atomic mass is 9.85. The number of benzene rings is 2. The Morgan fingerprint density at radius 2 is 1.51 bits per heavy atom. The highest BCUT2D eigenvalue weighted by atomic mass is 16.2. The van der Waals surface area contributed by atoms with E-state index in [1.165, 1.54) is 10.5 Å². The van der Waals surface area contributed by atoms with Gasteiger partial charge in [0.25, 0.3) is 5.91 Å². The Hall–Kier alpha value is -3.51. The first-order chi connectivity index (χ1) is 17.1. The van der Waals surface area contributed by atoms with Crippen LogP contribution in [0.3, 0.4) is 0 Å². The molecule has 180 valence electrons. The molecule has 3 amide bonds. The molecule has 0 bridgehead atoms. The molecular weight excluding hydrogens is 436 g/mol. The molecule has 1 aromatic heterocycles. The maximum atomic E-state index is 13.9. The van der Waals surface area contributed by atoms with Crippen molar-refractivity contribution >= 4 is 11.9 Å². The van der Waals surface area contributed by atoms with E-state index in [-0.39, 0.29) is 18.5 Å². The zero-order valence-electron chi connectivity index (χ0n) is 20.2. The second-order valence-electron chi connectivity index (χ2n) is 9.71. The molecule has 0 saturated carbocycles. The summed E-state index contributed by atoms with van der Waals surface area (Å²) in [5.41, 5.74) is 2.29. The third-order valence-electron chi connectivity index (χ3n) is 7.44. The van der Waals surface area contributed by atoms with Gasteiger partial charge in [-0.25, -0.2) is 4.79 Å². The first kappa shape index (κ1) is 23.2. The molecule has 3 aromatic rings. The van der Waals surface area contributed by atoms with Crippen molar-refractivity contribution in [3.8, 4) is 0 Å². The van der Waals surface area contributed by atoms with Gasteiger partial charge in [-0.2, -0.15) is 0 Å². The summed E-state index contributed by atoms with van der Waals surface area (Å²) in [6.45, 7) is 5.42. The third kappa shape index (κ3) is 4.71. The number of urea groups is 1. The zero-order chi connectivity index (χ0) is 24.3. The van der Waals surface area contributed by atoms with Crippen LogP contribution in [0.25, 0.3) is 0 Å². The summed E-state index contributed by atoms with van der Waals surface area (Å²) in [4.78, 5) is 37.5. The second kappa shape index (κ2) is 10.0. The molecule has 0 unspecified atom stereocenters. The van der Waals surface area contributed by atoms with Crippen molar-refractivity contribution in [1.29, 1.82) is 0 Å². The lowest BCUT2D eigenvalue weighted by Crippen LogP contribution is -2.56. The second-order valence-corrected chi connectivity index (χ2v) is 9.71. The number of piperidine rings is 1. The summed E-state index contributed by atoms with van der Waals surface area (Å²) in [6.07, 6.45) is 2.99. The Morgan fingerprint density at radius 1 is 0.857 bits per heavy atom. The number of likely N-dealkylation sites (tertiary alicyclic amines) is 1. The maximum absolute atomic E-state index is 13.9. The molecule has 0 N–H and O–H groups in total. The average molecular weight is 469 g/mol. The van der Waals surface area contributed by atoms with Gasteiger partial charge in [0.15, 0.2) is 0 Å². The van der Waals surface area contributed by atoms with Gasteiger partial charge in [-0.1, -0.05) is 73.7 Å². The highest BCUT2D eigenvalue weighted by molar-refractivity contribution is 6.07. The van der Waals surface area contributed by atoms with E-state index in [1.54, 1.807) is 6.20 Å². The van der Waals surface area contributed by atoms with Gasteiger partial charge in [-0.05, 0) is 42.0 Å². The number of carbonyl (C=O) groups excluding carboxylic acids is 2. The van der Waals surface area contributed by atoms with Gasteiger partial charge < -0.3 is 9.80 Å². The number of amides is 3. The Morgan fingerprint density at radius 3 is 2.17 bits per heavy atom. The maximum Gasteiger partial charge on any atom is 0.328 e. The normalized spacial score (nSPS) is 18.9. The molecule has 2 aliphatic heterocycles. The molecule has 2 saturated heterocycles. The van der Waals surface area contributed by atoms with Crippen LogP contribution in [0.15, 0.2) is 85.1 Å². The van der Waals surface area contributed by atoms with Crippen LogP contribution in [0.4, 0.5) is 4.79 Å². The number of rotatable bonds is 7. The topological polar surface area (TPSA) is 56.8 Å². The van der Waals surface area contributed by atoms with Gasteiger partial charge in [0.05, 0.1) is 12.2 Å². The molecule has 6 nitrogen and oxygen atoms in total. The van der Waals surface area contributed by atoms with E-state index in [9.17, 15) is 9.59 Å². The van der Waals surface area contributed by atoms with E-state index >= 15 is 0 Å². The number of carbonyl (C=O) groups is 2. The van der Waals surface area contributed by atoms with Gasteiger partial charge in [-0.15, -0.1) is 0 Å². The van der Waals surface area contributed by atoms with Crippen molar-refractivity contribution in [3.63, 3.8) is 0 Å². The largest absolute Gasteiger partial charge is 0.328 e. The van der Waals surface area contributed by atoms with Crippen molar-refractivity contribution in [2.24, 2.45) is 0 Å². The molecule has 0 aliphatic carbocycles. The van der Waals surface area contributed by atoms with Crippen molar-refractivity contribution < 1.29 is 9.59 Å². The molecule has 2 fully saturated rings. The van der Waals surface area contributed by atoms with Crippen LogP contribution in [0.1, 0.15) is 42.5 Å². The third-order valence-corrected chi connectivity index (χ3v) is 7.44. The van der Waals surface area contributed by atoms with E-state index in [0.717, 1.165) is 30.9 Å². The number of hydrogen-bond acceptors (Lipinski definition) is 4. The number of pyridine rings is 1. The lowest BCUT2D eigenvalue weighted by Gasteiger charge is -2.43. The summed E-state index contributed by atoms with van der Waals surface area (Å²) >= 11 is 0. The smallest absolute Gasteiger partial charge is 0.305 e. The summed E-state index contributed by atoms with van der Waals surface area (Å²) in [6, 6.07) is 25.9. The highest BCUT2D eigenvalue weighted by Gasteiger charge is 2.57. The molecule has 35 heavy (non-hydrogen) atoms. The van der Waals surface area contributed by atoms with E-state index in [4.69, 9.17) is 0 Å². The van der Waals surface area contributed by atoms with Crippen LogP contribution < -0.4 is 0 Å². The van der Waals surface area contributed by atoms with Crippen molar-refractivity contribution in [3.05, 3.63) is 102 Å². The van der Waals surface area contributed by atoms with E-state index in [2.05, 4.69) is 41.1 Å². The van der Waals surface area contributed by atoms with Gasteiger partial charge >= 0.3 is 6.03 Å². The van der Waals surface area contributed by atoms with E-state index < -0.39 is 5.54 Å².